The maximum Gasteiger partial charge on any atom is 0.339 e. The van der Waals surface area contributed by atoms with Crippen LogP contribution in [0.4, 0.5) is 10.5 Å². The van der Waals surface area contributed by atoms with E-state index in [4.69, 9.17) is 27.9 Å². The topological polar surface area (TPSA) is 62.7 Å². The number of carbonyl (C=O) groups is 1. The van der Waals surface area contributed by atoms with Crippen LogP contribution in [0.5, 0.6) is 5.75 Å². The number of ether oxygens (including phenoxy) is 1. The van der Waals surface area contributed by atoms with Gasteiger partial charge in [-0.2, -0.15) is 5.10 Å². The van der Waals surface area contributed by atoms with E-state index >= 15 is 0 Å². The minimum Gasteiger partial charge on any atom is -0.494 e. The Labute approximate surface area is 179 Å². The van der Waals surface area contributed by atoms with Crippen molar-refractivity contribution < 1.29 is 9.53 Å². The molecule has 29 heavy (non-hydrogen) atoms. The number of hydrogen-bond donors (Lipinski definition) is 2. The molecule has 0 aliphatic heterocycles. The third-order valence-corrected chi connectivity index (χ3v) is 4.43. The van der Waals surface area contributed by atoms with Gasteiger partial charge in [0.15, 0.2) is 0 Å². The number of carbonyl (C=O) groups excluding carboxylic acids is 1. The molecule has 0 bridgehead atoms. The van der Waals surface area contributed by atoms with Gasteiger partial charge >= 0.3 is 6.03 Å². The van der Waals surface area contributed by atoms with Crippen LogP contribution in [0.25, 0.3) is 0 Å². The standard InChI is InChI=1S/C22H19Cl2N3O2/c1-2-29-20-13-5-16(6-14-20)21(15-3-7-17(23)8-4-15)26-27-22(28)25-19-11-9-18(24)10-12-19/h3-14H,2H2,1H3,(H2,25,27,28). The van der Waals surface area contributed by atoms with Crippen LogP contribution in [0.15, 0.2) is 77.9 Å². The molecule has 0 aliphatic carbocycles. The molecular formula is C22H19Cl2N3O2. The Bertz CT molecular complexity index is 986. The third-order valence-electron chi connectivity index (χ3n) is 3.93. The molecule has 0 saturated heterocycles. The SMILES string of the molecule is CCOc1ccc(C(=NNC(=O)Nc2ccc(Cl)cc2)c2ccc(Cl)cc2)cc1. The van der Waals surface area contributed by atoms with E-state index in [1.165, 1.54) is 0 Å². The van der Waals surface area contributed by atoms with Gasteiger partial charge in [-0.15, -0.1) is 0 Å². The third kappa shape index (κ3) is 5.98. The molecule has 3 aromatic rings. The number of nitrogens with one attached hydrogen (secondary N) is 2. The van der Waals surface area contributed by atoms with Crippen LogP contribution >= 0.6 is 23.2 Å². The number of urea groups is 1. The fourth-order valence-corrected chi connectivity index (χ4v) is 2.83. The van der Waals surface area contributed by atoms with Crippen LogP contribution in [0.1, 0.15) is 18.1 Å². The van der Waals surface area contributed by atoms with Crippen LogP contribution in [-0.2, 0) is 0 Å². The molecular weight excluding hydrogens is 409 g/mol. The summed E-state index contributed by atoms with van der Waals surface area (Å²) in [6, 6.07) is 21.1. The molecule has 0 spiro atoms. The number of rotatable bonds is 6. The molecule has 0 heterocycles. The Kier molecular flexibility index (Phi) is 7.11. The van der Waals surface area contributed by atoms with Crippen molar-refractivity contribution in [2.24, 2.45) is 5.10 Å². The Balaban J connectivity index is 1.82. The average molecular weight is 428 g/mol. The van der Waals surface area contributed by atoms with E-state index in [9.17, 15) is 4.79 Å². The van der Waals surface area contributed by atoms with Gasteiger partial charge in [0.2, 0.25) is 0 Å². The van der Waals surface area contributed by atoms with Crippen molar-refractivity contribution in [3.05, 3.63) is 94.0 Å². The molecule has 0 unspecified atom stereocenters. The van der Waals surface area contributed by atoms with Crippen molar-refractivity contribution >= 4 is 40.6 Å². The minimum absolute atomic E-state index is 0.468. The van der Waals surface area contributed by atoms with Gasteiger partial charge in [0.25, 0.3) is 0 Å². The number of halogens is 2. The monoisotopic (exact) mass is 427 g/mol. The lowest BCUT2D eigenvalue weighted by atomic mass is 10.0. The first-order valence-electron chi connectivity index (χ1n) is 8.94. The van der Waals surface area contributed by atoms with E-state index in [1.54, 1.807) is 36.4 Å². The maximum absolute atomic E-state index is 12.3. The summed E-state index contributed by atoms with van der Waals surface area (Å²) in [5, 5.41) is 8.24. The number of benzene rings is 3. The summed E-state index contributed by atoms with van der Waals surface area (Å²) in [4.78, 5) is 12.3. The van der Waals surface area contributed by atoms with Gasteiger partial charge in [-0.25, -0.2) is 10.2 Å². The summed E-state index contributed by atoms with van der Waals surface area (Å²) in [6.07, 6.45) is 0. The zero-order valence-electron chi connectivity index (χ0n) is 15.7. The van der Waals surface area contributed by atoms with Crippen molar-refractivity contribution in [3.8, 4) is 5.75 Å². The summed E-state index contributed by atoms with van der Waals surface area (Å²) in [6.45, 7) is 2.52. The van der Waals surface area contributed by atoms with Crippen LogP contribution in [0.3, 0.4) is 0 Å². The smallest absolute Gasteiger partial charge is 0.339 e. The molecule has 3 rings (SSSR count). The molecule has 5 nitrogen and oxygen atoms in total. The minimum atomic E-state index is -0.468. The van der Waals surface area contributed by atoms with Crippen molar-refractivity contribution in [3.63, 3.8) is 0 Å². The van der Waals surface area contributed by atoms with E-state index in [0.717, 1.165) is 16.9 Å². The van der Waals surface area contributed by atoms with Gasteiger partial charge in [0, 0.05) is 26.9 Å². The van der Waals surface area contributed by atoms with E-state index in [0.29, 0.717) is 28.1 Å². The molecule has 0 saturated carbocycles. The lowest BCUT2D eigenvalue weighted by molar-refractivity contribution is 0.252. The van der Waals surface area contributed by atoms with Crippen molar-refractivity contribution in [2.75, 3.05) is 11.9 Å². The quantitative estimate of drug-likeness (QED) is 0.376. The van der Waals surface area contributed by atoms with Crippen molar-refractivity contribution in [1.82, 2.24) is 5.43 Å². The van der Waals surface area contributed by atoms with Gasteiger partial charge < -0.3 is 10.1 Å². The largest absolute Gasteiger partial charge is 0.494 e. The zero-order valence-corrected chi connectivity index (χ0v) is 17.2. The second-order valence-corrected chi connectivity index (χ2v) is 6.87. The second-order valence-electron chi connectivity index (χ2n) is 6.00. The van der Waals surface area contributed by atoms with Crippen molar-refractivity contribution in [2.45, 2.75) is 6.92 Å². The van der Waals surface area contributed by atoms with Crippen LogP contribution in [-0.4, -0.2) is 18.3 Å². The normalized spacial score (nSPS) is 11.1. The summed E-state index contributed by atoms with van der Waals surface area (Å²) in [5.41, 5.74) is 5.37. The summed E-state index contributed by atoms with van der Waals surface area (Å²) in [7, 11) is 0. The molecule has 7 heteroatoms. The lowest BCUT2D eigenvalue weighted by Gasteiger charge is -2.10. The van der Waals surface area contributed by atoms with Crippen LogP contribution in [0.2, 0.25) is 10.0 Å². The summed E-state index contributed by atoms with van der Waals surface area (Å²) in [5.74, 6) is 0.764. The first-order valence-corrected chi connectivity index (χ1v) is 9.70. The predicted octanol–water partition coefficient (Wildman–Crippen LogP) is 5.97. The lowest BCUT2D eigenvalue weighted by Crippen LogP contribution is -2.26. The average Bonchev–Trinajstić information content (AvgIpc) is 2.72. The Morgan fingerprint density at radius 2 is 1.38 bits per heavy atom. The second kappa shape index (κ2) is 9.96. The maximum atomic E-state index is 12.3. The highest BCUT2D eigenvalue weighted by molar-refractivity contribution is 6.31. The number of anilines is 1. The fraction of sp³-hybridized carbons (Fsp3) is 0.0909. The fourth-order valence-electron chi connectivity index (χ4n) is 2.58. The van der Waals surface area contributed by atoms with E-state index in [1.807, 2.05) is 43.3 Å². The van der Waals surface area contributed by atoms with Gasteiger partial charge in [-0.1, -0.05) is 35.3 Å². The highest BCUT2D eigenvalue weighted by Crippen LogP contribution is 2.18. The van der Waals surface area contributed by atoms with Gasteiger partial charge in [-0.05, 0) is 67.6 Å². The van der Waals surface area contributed by atoms with E-state index in [-0.39, 0.29) is 0 Å². The molecule has 0 radical (unpaired) electrons. The first kappa shape index (κ1) is 20.7. The van der Waals surface area contributed by atoms with Gasteiger partial charge in [0.05, 0.1) is 12.3 Å². The Hall–Kier alpha value is -3.02. The highest BCUT2D eigenvalue weighted by atomic mass is 35.5. The van der Waals surface area contributed by atoms with Crippen LogP contribution < -0.4 is 15.5 Å². The summed E-state index contributed by atoms with van der Waals surface area (Å²) < 4.78 is 5.49. The molecule has 0 aliphatic rings. The van der Waals surface area contributed by atoms with E-state index < -0.39 is 6.03 Å². The molecule has 0 aromatic heterocycles. The number of amides is 2. The molecule has 2 amide bonds. The molecule has 2 N–H and O–H groups in total. The number of hydrazone groups is 1. The van der Waals surface area contributed by atoms with Gasteiger partial charge in [0.1, 0.15) is 5.75 Å². The van der Waals surface area contributed by atoms with Crippen molar-refractivity contribution in [1.29, 1.82) is 0 Å². The number of nitrogens with zero attached hydrogens (tertiary/aromatic N) is 1. The number of hydrogen-bond acceptors (Lipinski definition) is 3. The van der Waals surface area contributed by atoms with Gasteiger partial charge in [-0.3, -0.25) is 0 Å². The summed E-state index contributed by atoms with van der Waals surface area (Å²) >= 11 is 11.9. The molecule has 3 aromatic carbocycles. The first-order chi connectivity index (χ1) is 14.0. The zero-order chi connectivity index (χ0) is 20.6. The molecule has 148 valence electrons. The predicted molar refractivity (Wildman–Crippen MR) is 118 cm³/mol. The Morgan fingerprint density at radius 1 is 0.862 bits per heavy atom. The highest BCUT2D eigenvalue weighted by Gasteiger charge is 2.09. The Morgan fingerprint density at radius 3 is 1.93 bits per heavy atom. The molecule has 0 atom stereocenters. The molecule has 0 fully saturated rings. The van der Waals surface area contributed by atoms with E-state index in [2.05, 4.69) is 15.8 Å². The van der Waals surface area contributed by atoms with Crippen LogP contribution in [0, 0.1) is 0 Å².